The molecule has 0 saturated carbocycles. The fourth-order valence-corrected chi connectivity index (χ4v) is 2.99. The zero-order valence-corrected chi connectivity index (χ0v) is 12.5. The molecule has 2 heterocycles. The number of carbonyl (C=O) groups excluding carboxylic acids is 1. The Morgan fingerprint density at radius 3 is 2.81 bits per heavy atom. The summed E-state index contributed by atoms with van der Waals surface area (Å²) in [5, 5.41) is 6.42. The van der Waals surface area contributed by atoms with Crippen LogP contribution in [0.4, 0.5) is 10.8 Å². The number of nitrogens with zero attached hydrogens (tertiary/aromatic N) is 2. The van der Waals surface area contributed by atoms with E-state index < -0.39 is 0 Å². The second-order valence-electron chi connectivity index (χ2n) is 4.59. The summed E-state index contributed by atoms with van der Waals surface area (Å²) in [7, 11) is 1.87. The van der Waals surface area contributed by atoms with Crippen molar-refractivity contribution in [2.24, 2.45) is 0 Å². The quantitative estimate of drug-likeness (QED) is 0.778. The third-order valence-electron chi connectivity index (χ3n) is 3.03. The molecule has 0 bridgehead atoms. The van der Waals surface area contributed by atoms with Gasteiger partial charge in [0.15, 0.2) is 5.13 Å². The number of rotatable bonds is 3. The average Bonchev–Trinajstić information content (AvgIpc) is 2.87. The van der Waals surface area contributed by atoms with Gasteiger partial charge in [-0.2, -0.15) is 0 Å². The lowest BCUT2D eigenvalue weighted by Gasteiger charge is -2.04. The van der Waals surface area contributed by atoms with E-state index in [0.717, 1.165) is 27.0 Å². The van der Waals surface area contributed by atoms with Crippen LogP contribution in [0.1, 0.15) is 6.92 Å². The maximum absolute atomic E-state index is 11.1. The number of carbonyl (C=O) groups is 1. The molecular formula is C15H14N4OS. The molecule has 1 amide bonds. The SMILES string of the molecule is CNc1cncc(-c2ccc3nc(NC(C)=O)sc3c2)c1. The van der Waals surface area contributed by atoms with Gasteiger partial charge >= 0.3 is 0 Å². The molecule has 0 aliphatic rings. The van der Waals surface area contributed by atoms with Crippen molar-refractivity contribution in [3.63, 3.8) is 0 Å². The highest BCUT2D eigenvalue weighted by atomic mass is 32.1. The maximum atomic E-state index is 11.1. The molecule has 0 fully saturated rings. The van der Waals surface area contributed by atoms with Crippen LogP contribution in [0.2, 0.25) is 0 Å². The zero-order chi connectivity index (χ0) is 14.8. The van der Waals surface area contributed by atoms with Gasteiger partial charge in [0.05, 0.1) is 15.9 Å². The summed E-state index contributed by atoms with van der Waals surface area (Å²) >= 11 is 1.47. The Hall–Kier alpha value is -2.47. The number of fused-ring (bicyclic) bond motifs is 1. The predicted octanol–water partition coefficient (Wildman–Crippen LogP) is 3.36. The topological polar surface area (TPSA) is 66.9 Å². The number of hydrogen-bond acceptors (Lipinski definition) is 5. The third-order valence-corrected chi connectivity index (χ3v) is 3.97. The Bertz CT molecular complexity index is 812. The molecule has 3 rings (SSSR count). The Balaban J connectivity index is 2.01. The van der Waals surface area contributed by atoms with Crippen LogP contribution in [-0.4, -0.2) is 22.9 Å². The minimum absolute atomic E-state index is 0.111. The third kappa shape index (κ3) is 2.85. The van der Waals surface area contributed by atoms with E-state index >= 15 is 0 Å². The number of anilines is 2. The van der Waals surface area contributed by atoms with E-state index in [1.54, 1.807) is 6.20 Å². The van der Waals surface area contributed by atoms with Gasteiger partial charge in [-0.1, -0.05) is 17.4 Å². The monoisotopic (exact) mass is 298 g/mol. The van der Waals surface area contributed by atoms with Gasteiger partial charge in [0, 0.05) is 31.9 Å². The summed E-state index contributed by atoms with van der Waals surface area (Å²) in [6.07, 6.45) is 3.61. The normalized spacial score (nSPS) is 10.6. The van der Waals surface area contributed by atoms with E-state index in [4.69, 9.17) is 0 Å². The van der Waals surface area contributed by atoms with Crippen molar-refractivity contribution in [1.29, 1.82) is 0 Å². The highest BCUT2D eigenvalue weighted by molar-refractivity contribution is 7.22. The minimum Gasteiger partial charge on any atom is -0.387 e. The van der Waals surface area contributed by atoms with E-state index in [9.17, 15) is 4.79 Å². The molecule has 2 aromatic heterocycles. The van der Waals surface area contributed by atoms with E-state index in [2.05, 4.69) is 26.7 Å². The molecule has 2 N–H and O–H groups in total. The van der Waals surface area contributed by atoms with Crippen LogP contribution in [0.5, 0.6) is 0 Å². The molecule has 0 radical (unpaired) electrons. The largest absolute Gasteiger partial charge is 0.387 e. The highest BCUT2D eigenvalue weighted by Gasteiger charge is 2.07. The van der Waals surface area contributed by atoms with E-state index in [1.807, 2.05) is 31.4 Å². The van der Waals surface area contributed by atoms with Crippen molar-refractivity contribution in [3.8, 4) is 11.1 Å². The predicted molar refractivity (Wildman–Crippen MR) is 86.7 cm³/mol. The number of thiazole rings is 1. The van der Waals surface area contributed by atoms with Crippen LogP contribution in [0.3, 0.4) is 0 Å². The smallest absolute Gasteiger partial charge is 0.223 e. The molecule has 0 atom stereocenters. The summed E-state index contributed by atoms with van der Waals surface area (Å²) < 4.78 is 1.03. The lowest BCUT2D eigenvalue weighted by molar-refractivity contribution is -0.114. The molecule has 0 saturated heterocycles. The van der Waals surface area contributed by atoms with Crippen molar-refractivity contribution in [1.82, 2.24) is 9.97 Å². The second-order valence-corrected chi connectivity index (χ2v) is 5.63. The Morgan fingerprint density at radius 2 is 2.05 bits per heavy atom. The number of benzene rings is 1. The van der Waals surface area contributed by atoms with Crippen LogP contribution in [0, 0.1) is 0 Å². The highest BCUT2D eigenvalue weighted by Crippen LogP contribution is 2.30. The van der Waals surface area contributed by atoms with Gasteiger partial charge in [0.25, 0.3) is 0 Å². The lowest BCUT2D eigenvalue weighted by Crippen LogP contribution is -2.04. The summed E-state index contributed by atoms with van der Waals surface area (Å²) in [6.45, 7) is 1.48. The van der Waals surface area contributed by atoms with Crippen molar-refractivity contribution in [3.05, 3.63) is 36.7 Å². The first kappa shape index (κ1) is 13.5. The van der Waals surface area contributed by atoms with Crippen LogP contribution in [0.15, 0.2) is 36.7 Å². The molecule has 0 aliphatic carbocycles. The molecular weight excluding hydrogens is 284 g/mol. The van der Waals surface area contributed by atoms with Gasteiger partial charge in [-0.15, -0.1) is 0 Å². The van der Waals surface area contributed by atoms with Gasteiger partial charge in [-0.3, -0.25) is 9.78 Å². The van der Waals surface area contributed by atoms with Gasteiger partial charge in [0.2, 0.25) is 5.91 Å². The van der Waals surface area contributed by atoms with Crippen LogP contribution >= 0.6 is 11.3 Å². The first-order valence-electron chi connectivity index (χ1n) is 6.47. The first-order chi connectivity index (χ1) is 10.2. The molecule has 0 spiro atoms. The van der Waals surface area contributed by atoms with E-state index in [0.29, 0.717) is 5.13 Å². The molecule has 1 aromatic carbocycles. The first-order valence-corrected chi connectivity index (χ1v) is 7.29. The summed E-state index contributed by atoms with van der Waals surface area (Å²) in [4.78, 5) is 19.7. The fourth-order valence-electron chi connectivity index (χ4n) is 2.04. The summed E-state index contributed by atoms with van der Waals surface area (Å²) in [5.74, 6) is -0.111. The van der Waals surface area contributed by atoms with Gasteiger partial charge in [0.1, 0.15) is 0 Å². The van der Waals surface area contributed by atoms with Gasteiger partial charge in [-0.05, 0) is 23.8 Å². The molecule has 0 unspecified atom stereocenters. The average molecular weight is 298 g/mol. The molecule has 0 aliphatic heterocycles. The molecule has 21 heavy (non-hydrogen) atoms. The number of pyridine rings is 1. The number of hydrogen-bond donors (Lipinski definition) is 2. The van der Waals surface area contributed by atoms with Crippen molar-refractivity contribution < 1.29 is 4.79 Å². The standard InChI is InChI=1S/C15H14N4OS/c1-9(20)18-15-19-13-4-3-10(6-14(13)21-15)11-5-12(16-2)8-17-7-11/h3-8,16H,1-2H3,(H,18,19,20). The second kappa shape index (κ2) is 5.49. The van der Waals surface area contributed by atoms with E-state index in [1.165, 1.54) is 18.3 Å². The Morgan fingerprint density at radius 1 is 1.19 bits per heavy atom. The summed E-state index contributed by atoms with van der Waals surface area (Å²) in [5.41, 5.74) is 3.96. The fraction of sp³-hybridized carbons (Fsp3) is 0.133. The van der Waals surface area contributed by atoms with Gasteiger partial charge in [-0.25, -0.2) is 4.98 Å². The molecule has 106 valence electrons. The van der Waals surface area contributed by atoms with E-state index in [-0.39, 0.29) is 5.91 Å². The number of aromatic nitrogens is 2. The molecule has 6 heteroatoms. The van der Waals surface area contributed by atoms with Crippen LogP contribution < -0.4 is 10.6 Å². The lowest BCUT2D eigenvalue weighted by atomic mass is 10.1. The molecule has 5 nitrogen and oxygen atoms in total. The summed E-state index contributed by atoms with van der Waals surface area (Å²) in [6, 6.07) is 8.08. The van der Waals surface area contributed by atoms with Gasteiger partial charge < -0.3 is 10.6 Å². The molecule has 3 aromatic rings. The zero-order valence-electron chi connectivity index (χ0n) is 11.7. The van der Waals surface area contributed by atoms with Crippen LogP contribution in [0.25, 0.3) is 21.3 Å². The van der Waals surface area contributed by atoms with Crippen molar-refractivity contribution in [2.45, 2.75) is 6.92 Å². The number of amides is 1. The maximum Gasteiger partial charge on any atom is 0.223 e. The Kier molecular flexibility index (Phi) is 3.53. The van der Waals surface area contributed by atoms with Crippen molar-refractivity contribution in [2.75, 3.05) is 17.7 Å². The number of nitrogens with one attached hydrogen (secondary N) is 2. The van der Waals surface area contributed by atoms with Crippen molar-refractivity contribution >= 4 is 38.3 Å². The Labute approximate surface area is 126 Å². The van der Waals surface area contributed by atoms with Crippen LogP contribution in [-0.2, 0) is 4.79 Å². The minimum atomic E-state index is -0.111.